The molecule has 0 fully saturated rings. The zero-order valence-corrected chi connectivity index (χ0v) is 23.9. The van der Waals surface area contributed by atoms with Crippen LogP contribution in [0.2, 0.25) is 0 Å². The molecule has 11 heteroatoms. The van der Waals surface area contributed by atoms with Gasteiger partial charge in [0.1, 0.15) is 0 Å². The van der Waals surface area contributed by atoms with Crippen molar-refractivity contribution in [1.29, 1.82) is 0 Å². The fourth-order valence-corrected chi connectivity index (χ4v) is 5.32. The largest absolute Gasteiger partial charge is 0.421 e. The van der Waals surface area contributed by atoms with Gasteiger partial charge in [-0.25, -0.2) is 9.78 Å². The summed E-state index contributed by atoms with van der Waals surface area (Å²) >= 11 is 6.89. The lowest BCUT2D eigenvalue weighted by Crippen LogP contribution is -2.20. The number of hydrogen-bond acceptors (Lipinski definition) is 7. The number of hydrogen-bond donors (Lipinski definition) is 0. The molecular formula is C29H18Br2N4O5. The van der Waals surface area contributed by atoms with E-state index in [-0.39, 0.29) is 17.3 Å². The molecule has 0 aliphatic heterocycles. The van der Waals surface area contributed by atoms with Crippen molar-refractivity contribution >= 4 is 60.6 Å². The molecule has 4 aromatic carbocycles. The second-order valence-corrected chi connectivity index (χ2v) is 10.5. The van der Waals surface area contributed by atoms with Gasteiger partial charge in [0.2, 0.25) is 0 Å². The average molecular weight is 662 g/mol. The van der Waals surface area contributed by atoms with E-state index in [1.54, 1.807) is 54.6 Å². The van der Waals surface area contributed by atoms with Gasteiger partial charge in [-0.05, 0) is 71.4 Å². The number of aryl methyl sites for hydroxylation is 1. The Labute approximate surface area is 244 Å². The fourth-order valence-electron chi connectivity index (χ4n) is 3.98. The molecule has 0 aliphatic rings. The summed E-state index contributed by atoms with van der Waals surface area (Å²) in [5.74, 6) is -0.170. The number of nitro groups is 1. The number of aromatic nitrogens is 2. The third-order valence-electron chi connectivity index (χ3n) is 5.89. The van der Waals surface area contributed by atoms with Crippen LogP contribution >= 0.6 is 31.9 Å². The van der Waals surface area contributed by atoms with E-state index in [1.807, 2.05) is 13.0 Å². The van der Waals surface area contributed by atoms with Crippen molar-refractivity contribution in [3.05, 3.63) is 131 Å². The molecule has 9 nitrogen and oxygen atoms in total. The van der Waals surface area contributed by atoms with Gasteiger partial charge in [-0.1, -0.05) is 45.8 Å². The van der Waals surface area contributed by atoms with Gasteiger partial charge in [0.25, 0.3) is 11.2 Å². The third-order valence-corrected chi connectivity index (χ3v) is 6.93. The first-order chi connectivity index (χ1) is 19.2. The summed E-state index contributed by atoms with van der Waals surface area (Å²) < 4.78 is 8.03. The Morgan fingerprint density at radius 2 is 1.77 bits per heavy atom. The van der Waals surface area contributed by atoms with Crippen LogP contribution in [-0.2, 0) is 0 Å². The highest BCUT2D eigenvalue weighted by molar-refractivity contribution is 9.11. The first-order valence-electron chi connectivity index (χ1n) is 11.8. The lowest BCUT2D eigenvalue weighted by atomic mass is 10.1. The number of ether oxygens (including phenoxy) is 1. The number of rotatable bonds is 6. The van der Waals surface area contributed by atoms with Gasteiger partial charge < -0.3 is 4.74 Å². The number of non-ortho nitro benzene ring substituents is 1. The van der Waals surface area contributed by atoms with E-state index in [9.17, 15) is 19.7 Å². The van der Waals surface area contributed by atoms with Gasteiger partial charge in [-0.2, -0.15) is 9.78 Å². The quantitative estimate of drug-likeness (QED) is 0.0642. The fraction of sp³-hybridized carbons (Fsp3) is 0.0345. The molecule has 5 aromatic rings. The van der Waals surface area contributed by atoms with Crippen LogP contribution in [-0.4, -0.2) is 26.8 Å². The molecule has 0 amide bonds. The first-order valence-corrected chi connectivity index (χ1v) is 13.4. The molecule has 0 saturated carbocycles. The first kappa shape index (κ1) is 27.1. The smallest absolute Gasteiger partial charge is 0.343 e. The maximum atomic E-state index is 13.5. The van der Waals surface area contributed by atoms with E-state index in [4.69, 9.17) is 4.74 Å². The van der Waals surface area contributed by atoms with Gasteiger partial charge in [0.05, 0.1) is 32.1 Å². The van der Waals surface area contributed by atoms with E-state index in [0.29, 0.717) is 36.5 Å². The maximum absolute atomic E-state index is 13.5. The Kier molecular flexibility index (Phi) is 7.67. The van der Waals surface area contributed by atoms with Gasteiger partial charge >= 0.3 is 5.97 Å². The van der Waals surface area contributed by atoms with Crippen molar-refractivity contribution in [3.8, 4) is 17.1 Å². The van der Waals surface area contributed by atoms with Crippen molar-refractivity contribution in [3.63, 3.8) is 0 Å². The van der Waals surface area contributed by atoms with Crippen LogP contribution in [0.3, 0.4) is 0 Å². The predicted molar refractivity (Wildman–Crippen MR) is 159 cm³/mol. The molecular weight excluding hydrogens is 644 g/mol. The van der Waals surface area contributed by atoms with Gasteiger partial charge in [-0.3, -0.25) is 14.9 Å². The third kappa shape index (κ3) is 5.61. The number of esters is 1. The van der Waals surface area contributed by atoms with Crippen molar-refractivity contribution in [1.82, 2.24) is 9.66 Å². The summed E-state index contributed by atoms with van der Waals surface area (Å²) in [5.41, 5.74) is 2.05. The Morgan fingerprint density at radius 3 is 2.50 bits per heavy atom. The maximum Gasteiger partial charge on any atom is 0.343 e. The Hall–Kier alpha value is -4.48. The molecule has 0 aliphatic carbocycles. The monoisotopic (exact) mass is 660 g/mol. The number of nitro benzene ring substituents is 1. The number of nitrogens with zero attached hydrogens (tertiary/aromatic N) is 4. The molecule has 0 spiro atoms. The zero-order chi connectivity index (χ0) is 28.4. The number of carbonyl (C=O) groups excluding carboxylic acids is 1. The highest BCUT2D eigenvalue weighted by Crippen LogP contribution is 2.33. The second-order valence-electron chi connectivity index (χ2n) is 8.68. The molecule has 0 N–H and O–H groups in total. The molecule has 0 radical (unpaired) electrons. The normalized spacial score (nSPS) is 11.2. The second kappa shape index (κ2) is 11.3. The molecule has 5 rings (SSSR count). The van der Waals surface area contributed by atoms with E-state index in [1.165, 1.54) is 30.5 Å². The summed E-state index contributed by atoms with van der Waals surface area (Å²) in [7, 11) is 0. The number of carbonyl (C=O) groups is 1. The van der Waals surface area contributed by atoms with Gasteiger partial charge in [0, 0.05) is 27.7 Å². The van der Waals surface area contributed by atoms with Crippen molar-refractivity contribution in [2.75, 3.05) is 0 Å². The Bertz CT molecular complexity index is 1890. The molecule has 0 saturated heterocycles. The van der Waals surface area contributed by atoms with E-state index in [0.717, 1.165) is 10.2 Å². The minimum Gasteiger partial charge on any atom is -0.421 e. The number of halogens is 2. The van der Waals surface area contributed by atoms with Gasteiger partial charge in [-0.15, -0.1) is 0 Å². The average Bonchev–Trinajstić information content (AvgIpc) is 2.94. The Balaban J connectivity index is 1.62. The number of fused-ring (bicyclic) bond motifs is 1. The molecule has 0 unspecified atom stereocenters. The molecule has 1 aromatic heterocycles. The highest BCUT2D eigenvalue weighted by atomic mass is 79.9. The SMILES string of the molecule is Cc1cccc(C(=O)Oc2c(Br)cc(Br)cc2C=Nn2c(-c3ccc([N+](=O)[O-])cc3)nc3ccccc3c2=O)c1. The molecule has 198 valence electrons. The van der Waals surface area contributed by atoms with E-state index in [2.05, 4.69) is 41.9 Å². The molecule has 0 bridgehead atoms. The van der Waals surface area contributed by atoms with Crippen LogP contribution in [0.25, 0.3) is 22.3 Å². The topological polar surface area (TPSA) is 117 Å². The predicted octanol–water partition coefficient (Wildman–Crippen LogP) is 6.91. The summed E-state index contributed by atoms with van der Waals surface area (Å²) in [6.45, 7) is 1.88. The van der Waals surface area contributed by atoms with Gasteiger partial charge in [0.15, 0.2) is 11.6 Å². The molecule has 1 heterocycles. The van der Waals surface area contributed by atoms with Crippen LogP contribution in [0.5, 0.6) is 5.75 Å². The van der Waals surface area contributed by atoms with Crippen LogP contribution in [0, 0.1) is 17.0 Å². The Morgan fingerprint density at radius 1 is 1.02 bits per heavy atom. The summed E-state index contributed by atoms with van der Waals surface area (Å²) in [4.78, 5) is 41.7. The van der Waals surface area contributed by atoms with Crippen molar-refractivity contribution < 1.29 is 14.5 Å². The minimum atomic E-state index is -0.558. The van der Waals surface area contributed by atoms with E-state index >= 15 is 0 Å². The number of benzene rings is 4. The highest BCUT2D eigenvalue weighted by Gasteiger charge is 2.17. The van der Waals surface area contributed by atoms with E-state index < -0.39 is 16.5 Å². The standard InChI is InChI=1S/C29H18Br2N4O5/c1-17-5-4-6-19(13-17)29(37)40-26-20(14-21(30)15-24(26)31)16-32-34-27(18-9-11-22(12-10-18)35(38)39)33-25-8-3-2-7-23(25)28(34)36/h2-16H,1H3. The van der Waals surface area contributed by atoms with Crippen molar-refractivity contribution in [2.24, 2.45) is 5.10 Å². The van der Waals surface area contributed by atoms with Crippen LogP contribution in [0.4, 0.5) is 5.69 Å². The lowest BCUT2D eigenvalue weighted by Gasteiger charge is -2.12. The van der Waals surface area contributed by atoms with Crippen LogP contribution < -0.4 is 10.3 Å². The number of para-hydroxylation sites is 1. The summed E-state index contributed by atoms with van der Waals surface area (Å²) in [6.07, 6.45) is 1.39. The minimum absolute atomic E-state index is 0.0963. The zero-order valence-electron chi connectivity index (χ0n) is 20.7. The lowest BCUT2D eigenvalue weighted by molar-refractivity contribution is -0.384. The molecule has 0 atom stereocenters. The van der Waals surface area contributed by atoms with Crippen molar-refractivity contribution in [2.45, 2.75) is 6.92 Å². The summed E-state index contributed by atoms with van der Waals surface area (Å²) in [6, 6.07) is 22.9. The molecule has 40 heavy (non-hydrogen) atoms. The summed E-state index contributed by atoms with van der Waals surface area (Å²) in [5, 5.41) is 15.9. The van der Waals surface area contributed by atoms with Crippen LogP contribution in [0.15, 0.2) is 104 Å². The van der Waals surface area contributed by atoms with Crippen LogP contribution in [0.1, 0.15) is 21.5 Å².